The minimum absolute atomic E-state index is 0.108. The molecule has 1 saturated heterocycles. The molecule has 0 aromatic heterocycles. The van der Waals surface area contributed by atoms with Crippen molar-refractivity contribution in [1.82, 2.24) is 5.32 Å². The zero-order chi connectivity index (χ0) is 14.0. The Kier molecular flexibility index (Phi) is 4.62. The van der Waals surface area contributed by atoms with Crippen molar-refractivity contribution in [3.05, 3.63) is 27.7 Å². The summed E-state index contributed by atoms with van der Waals surface area (Å²) >= 11 is 3.35. The van der Waals surface area contributed by atoms with Crippen molar-refractivity contribution in [2.45, 2.75) is 25.8 Å². The lowest BCUT2D eigenvalue weighted by molar-refractivity contribution is 0.0934. The summed E-state index contributed by atoms with van der Waals surface area (Å²) in [5, 5.41) is 3.00. The Hall–Kier alpha value is -0.880. The van der Waals surface area contributed by atoms with Crippen LogP contribution < -0.4 is 11.1 Å². The van der Waals surface area contributed by atoms with Crippen LogP contribution >= 0.6 is 15.9 Å². The smallest absolute Gasteiger partial charge is 0.251 e. The second-order valence-corrected chi connectivity index (χ2v) is 7.38. The minimum Gasteiger partial charge on any atom is -0.398 e. The van der Waals surface area contributed by atoms with Crippen LogP contribution in [-0.4, -0.2) is 27.7 Å². The van der Waals surface area contributed by atoms with E-state index in [2.05, 4.69) is 21.2 Å². The number of amides is 1. The zero-order valence-corrected chi connectivity index (χ0v) is 13.1. The van der Waals surface area contributed by atoms with Gasteiger partial charge in [0.05, 0.1) is 0 Å². The van der Waals surface area contributed by atoms with Crippen molar-refractivity contribution in [3.8, 4) is 0 Å². The molecule has 0 saturated carbocycles. The number of rotatable bonds is 2. The standard InChI is InChI=1S/C13H17BrN2O2S/c1-8-11(6-9(14)7-12(8)15)13(17)16-10-2-4-19(18)5-3-10/h6-7,10H,2-5,15H2,1H3,(H,16,17). The molecule has 104 valence electrons. The minimum atomic E-state index is -0.711. The number of hydrogen-bond donors (Lipinski definition) is 2. The number of carbonyl (C=O) groups is 1. The third-order valence-electron chi connectivity index (χ3n) is 3.38. The highest BCUT2D eigenvalue weighted by Gasteiger charge is 2.21. The molecule has 1 amide bonds. The van der Waals surface area contributed by atoms with Crippen LogP contribution in [-0.2, 0) is 10.8 Å². The molecule has 19 heavy (non-hydrogen) atoms. The van der Waals surface area contributed by atoms with Crippen molar-refractivity contribution in [3.63, 3.8) is 0 Å². The van der Waals surface area contributed by atoms with Gasteiger partial charge in [0.1, 0.15) is 0 Å². The van der Waals surface area contributed by atoms with Gasteiger partial charge in [0, 0.05) is 44.1 Å². The van der Waals surface area contributed by atoms with E-state index < -0.39 is 10.8 Å². The number of anilines is 1. The molecular formula is C13H17BrN2O2S. The summed E-state index contributed by atoms with van der Waals surface area (Å²) in [5.74, 6) is 1.23. The molecule has 4 nitrogen and oxygen atoms in total. The van der Waals surface area contributed by atoms with Crippen LogP contribution in [0.5, 0.6) is 0 Å². The van der Waals surface area contributed by atoms with Crippen molar-refractivity contribution in [1.29, 1.82) is 0 Å². The highest BCUT2D eigenvalue weighted by molar-refractivity contribution is 9.10. The largest absolute Gasteiger partial charge is 0.398 e. The second-order valence-electron chi connectivity index (χ2n) is 4.76. The highest BCUT2D eigenvalue weighted by Crippen LogP contribution is 2.23. The topological polar surface area (TPSA) is 72.2 Å². The Morgan fingerprint density at radius 1 is 1.42 bits per heavy atom. The molecule has 0 unspecified atom stereocenters. The summed E-state index contributed by atoms with van der Waals surface area (Å²) < 4.78 is 12.1. The molecule has 0 radical (unpaired) electrons. The molecule has 1 heterocycles. The predicted molar refractivity (Wildman–Crippen MR) is 81.7 cm³/mol. The van der Waals surface area contributed by atoms with Gasteiger partial charge in [0.2, 0.25) is 0 Å². The molecule has 1 fully saturated rings. The Balaban J connectivity index is 2.10. The summed E-state index contributed by atoms with van der Waals surface area (Å²) in [6.07, 6.45) is 1.56. The molecule has 6 heteroatoms. The van der Waals surface area contributed by atoms with E-state index in [1.165, 1.54) is 0 Å². The van der Waals surface area contributed by atoms with Gasteiger partial charge in [-0.15, -0.1) is 0 Å². The Labute approximate surface area is 123 Å². The fraction of sp³-hybridized carbons (Fsp3) is 0.462. The normalized spacial score (nSPS) is 23.1. The van der Waals surface area contributed by atoms with Crippen LogP contribution in [0.4, 0.5) is 5.69 Å². The Bertz CT molecular complexity index is 524. The van der Waals surface area contributed by atoms with E-state index in [4.69, 9.17) is 5.73 Å². The summed E-state index contributed by atoms with van der Waals surface area (Å²) in [5.41, 5.74) is 7.85. The van der Waals surface area contributed by atoms with Gasteiger partial charge in [-0.3, -0.25) is 9.00 Å². The fourth-order valence-electron chi connectivity index (χ4n) is 2.14. The van der Waals surface area contributed by atoms with Gasteiger partial charge in [-0.2, -0.15) is 0 Å². The number of benzene rings is 1. The van der Waals surface area contributed by atoms with E-state index in [9.17, 15) is 9.00 Å². The second kappa shape index (κ2) is 6.05. The summed E-state index contributed by atoms with van der Waals surface area (Å²) in [6.45, 7) is 1.84. The van der Waals surface area contributed by atoms with E-state index in [0.29, 0.717) is 22.8 Å². The van der Waals surface area contributed by atoms with Gasteiger partial charge >= 0.3 is 0 Å². The van der Waals surface area contributed by atoms with Gasteiger partial charge in [-0.25, -0.2) is 0 Å². The average Bonchev–Trinajstić information content (AvgIpc) is 2.36. The first kappa shape index (κ1) is 14.5. The average molecular weight is 345 g/mol. The Morgan fingerprint density at radius 3 is 2.68 bits per heavy atom. The molecule has 0 aliphatic carbocycles. The van der Waals surface area contributed by atoms with Gasteiger partial charge in [0.25, 0.3) is 5.91 Å². The number of nitrogens with one attached hydrogen (secondary N) is 1. The molecule has 2 rings (SSSR count). The summed E-state index contributed by atoms with van der Waals surface area (Å²) in [6, 6.07) is 3.68. The Morgan fingerprint density at radius 2 is 2.05 bits per heavy atom. The van der Waals surface area contributed by atoms with Crippen molar-refractivity contribution >= 4 is 38.3 Å². The highest BCUT2D eigenvalue weighted by atomic mass is 79.9. The summed E-state index contributed by atoms with van der Waals surface area (Å²) in [7, 11) is -0.711. The SMILES string of the molecule is Cc1c(N)cc(Br)cc1C(=O)NC1CCS(=O)CC1. The van der Waals surface area contributed by atoms with E-state index in [0.717, 1.165) is 22.9 Å². The van der Waals surface area contributed by atoms with Crippen LogP contribution in [0, 0.1) is 6.92 Å². The van der Waals surface area contributed by atoms with Gasteiger partial charge in [0.15, 0.2) is 0 Å². The molecule has 1 aliphatic heterocycles. The van der Waals surface area contributed by atoms with E-state index in [1.807, 2.05) is 6.92 Å². The number of nitrogen functional groups attached to an aromatic ring is 1. The van der Waals surface area contributed by atoms with Gasteiger partial charge in [-0.1, -0.05) is 15.9 Å². The van der Waals surface area contributed by atoms with Crippen molar-refractivity contribution in [2.75, 3.05) is 17.2 Å². The van der Waals surface area contributed by atoms with Crippen molar-refractivity contribution < 1.29 is 9.00 Å². The maximum absolute atomic E-state index is 12.3. The molecule has 0 bridgehead atoms. The molecule has 1 aromatic carbocycles. The van der Waals surface area contributed by atoms with E-state index in [-0.39, 0.29) is 11.9 Å². The molecule has 1 aromatic rings. The van der Waals surface area contributed by atoms with Crippen LogP contribution in [0.25, 0.3) is 0 Å². The van der Waals surface area contributed by atoms with Gasteiger partial charge < -0.3 is 11.1 Å². The first-order valence-electron chi connectivity index (χ1n) is 6.19. The predicted octanol–water partition coefficient (Wildman–Crippen LogP) is 1.98. The zero-order valence-electron chi connectivity index (χ0n) is 10.7. The van der Waals surface area contributed by atoms with Crippen LogP contribution in [0.2, 0.25) is 0 Å². The molecular weight excluding hydrogens is 328 g/mol. The van der Waals surface area contributed by atoms with Gasteiger partial charge in [-0.05, 0) is 37.5 Å². The number of hydrogen-bond acceptors (Lipinski definition) is 3. The van der Waals surface area contributed by atoms with Crippen LogP contribution in [0.3, 0.4) is 0 Å². The van der Waals surface area contributed by atoms with Crippen LogP contribution in [0.15, 0.2) is 16.6 Å². The lowest BCUT2D eigenvalue weighted by atomic mass is 10.0. The number of nitrogens with two attached hydrogens (primary N) is 1. The number of carbonyl (C=O) groups excluding carboxylic acids is 1. The fourth-order valence-corrected chi connectivity index (χ4v) is 3.91. The van der Waals surface area contributed by atoms with E-state index >= 15 is 0 Å². The molecule has 0 atom stereocenters. The summed E-state index contributed by atoms with van der Waals surface area (Å²) in [4.78, 5) is 12.3. The van der Waals surface area contributed by atoms with Crippen LogP contribution in [0.1, 0.15) is 28.8 Å². The quantitative estimate of drug-likeness (QED) is 0.805. The van der Waals surface area contributed by atoms with Crippen molar-refractivity contribution in [2.24, 2.45) is 0 Å². The maximum Gasteiger partial charge on any atom is 0.251 e. The molecule has 1 aliphatic rings. The molecule has 0 spiro atoms. The third-order valence-corrected chi connectivity index (χ3v) is 5.22. The maximum atomic E-state index is 12.3. The number of halogens is 1. The first-order valence-corrected chi connectivity index (χ1v) is 8.47. The lowest BCUT2D eigenvalue weighted by Crippen LogP contribution is -2.39. The van der Waals surface area contributed by atoms with E-state index in [1.54, 1.807) is 12.1 Å². The third kappa shape index (κ3) is 3.57. The monoisotopic (exact) mass is 344 g/mol. The lowest BCUT2D eigenvalue weighted by Gasteiger charge is -2.23. The first-order chi connectivity index (χ1) is 8.97. The molecule has 3 N–H and O–H groups in total.